The molecule has 2 atom stereocenters. The minimum absolute atomic E-state index is 0.0223. The van der Waals surface area contributed by atoms with Gasteiger partial charge in [-0.3, -0.25) is 4.79 Å². The van der Waals surface area contributed by atoms with E-state index in [9.17, 15) is 18.0 Å². The van der Waals surface area contributed by atoms with E-state index in [4.69, 9.17) is 9.47 Å². The number of fused-ring (bicyclic) bond motifs is 2. The topological polar surface area (TPSA) is 81.0 Å². The van der Waals surface area contributed by atoms with Crippen LogP contribution in [0.5, 0.6) is 5.19 Å². The van der Waals surface area contributed by atoms with Crippen molar-refractivity contribution in [2.75, 3.05) is 32.8 Å². The van der Waals surface area contributed by atoms with Gasteiger partial charge in [-0.15, -0.1) is 0 Å². The lowest BCUT2D eigenvalue weighted by Gasteiger charge is -2.31. The molecule has 1 fully saturated rings. The molecule has 2 aliphatic heterocycles. The third-order valence-corrected chi connectivity index (χ3v) is 7.66. The Morgan fingerprint density at radius 2 is 2.11 bits per heavy atom. The number of thiazole rings is 1. The summed E-state index contributed by atoms with van der Waals surface area (Å²) >= 11 is 1.22. The molecule has 3 aromatic rings. The van der Waals surface area contributed by atoms with Crippen LogP contribution in [-0.4, -0.2) is 76.6 Å². The van der Waals surface area contributed by atoms with Crippen molar-refractivity contribution in [1.82, 2.24) is 24.8 Å². The summed E-state index contributed by atoms with van der Waals surface area (Å²) in [6, 6.07) is 5.40. The second-order valence-electron chi connectivity index (χ2n) is 9.17. The Labute approximate surface area is 210 Å². The summed E-state index contributed by atoms with van der Waals surface area (Å²) in [5, 5.41) is 7.36. The van der Waals surface area contributed by atoms with Gasteiger partial charge in [0.25, 0.3) is 11.1 Å². The molecule has 1 N–H and O–H groups in total. The Morgan fingerprint density at radius 3 is 2.92 bits per heavy atom. The lowest BCUT2D eigenvalue weighted by molar-refractivity contribution is -0.153. The van der Waals surface area contributed by atoms with Gasteiger partial charge in [-0.1, -0.05) is 11.3 Å². The monoisotopic (exact) mass is 523 g/mol. The van der Waals surface area contributed by atoms with Gasteiger partial charge in [0.1, 0.15) is 0 Å². The molecule has 194 valence electrons. The predicted molar refractivity (Wildman–Crippen MR) is 128 cm³/mol. The van der Waals surface area contributed by atoms with Gasteiger partial charge in [-0.05, 0) is 43.9 Å². The summed E-state index contributed by atoms with van der Waals surface area (Å²) in [6.07, 6.45) is 3.37. The van der Waals surface area contributed by atoms with Crippen molar-refractivity contribution in [3.05, 3.63) is 46.7 Å². The van der Waals surface area contributed by atoms with Crippen molar-refractivity contribution in [3.63, 3.8) is 0 Å². The molecular weight excluding hydrogens is 495 g/mol. The highest BCUT2D eigenvalue weighted by Gasteiger charge is 2.30. The number of aromatic nitrogens is 3. The van der Waals surface area contributed by atoms with Crippen molar-refractivity contribution in [1.29, 1.82) is 0 Å². The van der Waals surface area contributed by atoms with Gasteiger partial charge in [0.2, 0.25) is 0 Å². The summed E-state index contributed by atoms with van der Waals surface area (Å²) in [6.45, 7) is 1.71. The maximum absolute atomic E-state index is 12.8. The summed E-state index contributed by atoms with van der Waals surface area (Å²) in [7, 11) is 0. The molecule has 0 aliphatic carbocycles. The summed E-state index contributed by atoms with van der Waals surface area (Å²) in [4.78, 5) is 20.4. The van der Waals surface area contributed by atoms with E-state index in [0.29, 0.717) is 18.6 Å². The van der Waals surface area contributed by atoms with Gasteiger partial charge < -0.3 is 19.7 Å². The molecule has 2 aliphatic rings. The molecule has 12 heteroatoms. The fourth-order valence-corrected chi connectivity index (χ4v) is 5.64. The predicted octanol–water partition coefficient (Wildman–Crippen LogP) is 3.50. The molecule has 36 heavy (non-hydrogen) atoms. The number of amides is 1. The smallest absolute Gasteiger partial charge is 0.422 e. The first kappa shape index (κ1) is 25.0. The van der Waals surface area contributed by atoms with E-state index >= 15 is 0 Å². The quantitative estimate of drug-likeness (QED) is 0.511. The third kappa shape index (κ3) is 6.16. The molecule has 0 aromatic carbocycles. The standard InChI is InChI=1S/C24H28F3N5O3S/c25-24(26,27)15-35-23-30-19-7-12-31(13-8-21(19)36-23)11-6-17-4-3-16(14-34-17)29-22(33)18-2-1-10-32-20(18)5-9-28-32/h1-2,5,9-10,16-17H,3-4,6-8,11-15H2,(H,29,33)/t16-,17+/m0/s1. The highest BCUT2D eigenvalue weighted by Crippen LogP contribution is 2.29. The molecule has 5 rings (SSSR count). The SMILES string of the molecule is O=C(N[C@H]1CC[C@H](CCN2CCc3nc(OCC(F)(F)F)sc3CC2)OC1)c1cccn2nccc12. The fraction of sp³-hybridized carbons (Fsp3) is 0.542. The molecule has 3 aromatic heterocycles. The molecule has 0 bridgehead atoms. The Kier molecular flexibility index (Phi) is 7.44. The van der Waals surface area contributed by atoms with Crippen molar-refractivity contribution in [2.45, 2.75) is 50.4 Å². The second-order valence-corrected chi connectivity index (χ2v) is 10.2. The zero-order valence-electron chi connectivity index (χ0n) is 19.7. The van der Waals surface area contributed by atoms with Crippen molar-refractivity contribution in [2.24, 2.45) is 0 Å². The Bertz CT molecular complexity index is 1160. The van der Waals surface area contributed by atoms with Crippen LogP contribution in [0.3, 0.4) is 0 Å². The van der Waals surface area contributed by atoms with E-state index in [1.54, 1.807) is 22.8 Å². The van der Waals surface area contributed by atoms with E-state index < -0.39 is 12.8 Å². The van der Waals surface area contributed by atoms with Crippen LogP contribution in [0, 0.1) is 0 Å². The zero-order chi connectivity index (χ0) is 25.1. The fourth-order valence-electron chi connectivity index (χ4n) is 4.70. The molecule has 0 spiro atoms. The summed E-state index contributed by atoms with van der Waals surface area (Å²) < 4.78 is 49.7. The molecule has 0 saturated carbocycles. The molecular formula is C24H28F3N5O3S. The number of nitrogens with zero attached hydrogens (tertiary/aromatic N) is 4. The van der Waals surface area contributed by atoms with Crippen LogP contribution in [0.15, 0.2) is 30.6 Å². The molecule has 1 saturated heterocycles. The second kappa shape index (κ2) is 10.7. The number of carbonyl (C=O) groups is 1. The van der Waals surface area contributed by atoms with E-state index in [0.717, 1.165) is 61.4 Å². The average molecular weight is 524 g/mol. The van der Waals surface area contributed by atoms with Gasteiger partial charge in [0.15, 0.2) is 6.61 Å². The maximum atomic E-state index is 12.8. The van der Waals surface area contributed by atoms with E-state index in [-0.39, 0.29) is 23.2 Å². The molecule has 0 unspecified atom stereocenters. The highest BCUT2D eigenvalue weighted by molar-refractivity contribution is 7.13. The number of pyridine rings is 1. The summed E-state index contributed by atoms with van der Waals surface area (Å²) in [5.74, 6) is -0.120. The Morgan fingerprint density at radius 1 is 1.25 bits per heavy atom. The first-order valence-corrected chi connectivity index (χ1v) is 12.9. The van der Waals surface area contributed by atoms with Crippen molar-refractivity contribution < 1.29 is 27.4 Å². The number of halogens is 3. The van der Waals surface area contributed by atoms with Crippen LogP contribution in [0.1, 0.15) is 40.2 Å². The van der Waals surface area contributed by atoms with Gasteiger partial charge in [0.05, 0.1) is 41.7 Å². The first-order chi connectivity index (χ1) is 17.3. The largest absolute Gasteiger partial charge is 0.460 e. The van der Waals surface area contributed by atoms with E-state index in [1.165, 1.54) is 11.3 Å². The number of alkyl halides is 3. The Balaban J connectivity index is 1.03. The lowest BCUT2D eigenvalue weighted by Crippen LogP contribution is -2.43. The first-order valence-electron chi connectivity index (χ1n) is 12.1. The van der Waals surface area contributed by atoms with Gasteiger partial charge >= 0.3 is 6.18 Å². The average Bonchev–Trinajstić information content (AvgIpc) is 3.45. The normalized spacial score (nSPS) is 21.2. The van der Waals surface area contributed by atoms with E-state index in [2.05, 4.69) is 20.3 Å². The third-order valence-electron chi connectivity index (χ3n) is 6.59. The van der Waals surface area contributed by atoms with Crippen LogP contribution >= 0.6 is 11.3 Å². The van der Waals surface area contributed by atoms with Gasteiger partial charge in [-0.2, -0.15) is 18.3 Å². The van der Waals surface area contributed by atoms with Crippen LogP contribution in [-0.2, 0) is 17.6 Å². The number of rotatable bonds is 7. The minimum atomic E-state index is -4.36. The molecule has 0 radical (unpaired) electrons. The van der Waals surface area contributed by atoms with Crippen LogP contribution in [0.2, 0.25) is 0 Å². The number of carbonyl (C=O) groups excluding carboxylic acids is 1. The van der Waals surface area contributed by atoms with Crippen LogP contribution in [0.4, 0.5) is 13.2 Å². The molecule has 1 amide bonds. The minimum Gasteiger partial charge on any atom is -0.460 e. The summed E-state index contributed by atoms with van der Waals surface area (Å²) in [5.41, 5.74) is 2.22. The van der Waals surface area contributed by atoms with Gasteiger partial charge in [0, 0.05) is 37.1 Å². The highest BCUT2D eigenvalue weighted by atomic mass is 32.1. The van der Waals surface area contributed by atoms with Crippen molar-refractivity contribution >= 4 is 22.8 Å². The van der Waals surface area contributed by atoms with E-state index in [1.807, 2.05) is 12.3 Å². The van der Waals surface area contributed by atoms with Crippen LogP contribution < -0.4 is 10.1 Å². The van der Waals surface area contributed by atoms with Crippen molar-refractivity contribution in [3.8, 4) is 5.19 Å². The molecule has 5 heterocycles. The maximum Gasteiger partial charge on any atom is 0.422 e. The molecule has 8 nitrogen and oxygen atoms in total. The number of hydrogen-bond acceptors (Lipinski definition) is 7. The van der Waals surface area contributed by atoms with Crippen LogP contribution in [0.25, 0.3) is 5.52 Å². The number of nitrogens with one attached hydrogen (secondary N) is 1. The lowest BCUT2D eigenvalue weighted by atomic mass is 10.0. The number of ether oxygens (including phenoxy) is 2. The Hall–Kier alpha value is -2.70. The number of hydrogen-bond donors (Lipinski definition) is 1. The van der Waals surface area contributed by atoms with Gasteiger partial charge in [-0.25, -0.2) is 9.50 Å². The zero-order valence-corrected chi connectivity index (χ0v) is 20.5.